The molecule has 2 aliphatic heterocycles. The topological polar surface area (TPSA) is 104 Å². The second-order valence-electron chi connectivity index (χ2n) is 7.75. The Labute approximate surface area is 214 Å². The second kappa shape index (κ2) is 9.87. The van der Waals surface area contributed by atoms with Gasteiger partial charge in [0.05, 0.1) is 39.4 Å². The van der Waals surface area contributed by atoms with E-state index in [9.17, 15) is 14.7 Å². The third-order valence-electron chi connectivity index (χ3n) is 5.52. The lowest BCUT2D eigenvalue weighted by atomic mass is 10.0. The van der Waals surface area contributed by atoms with Crippen molar-refractivity contribution in [2.24, 2.45) is 4.99 Å². The number of ether oxygens (including phenoxy) is 1. The molecule has 0 spiro atoms. The van der Waals surface area contributed by atoms with Gasteiger partial charge in [-0.2, -0.15) is 0 Å². The number of amides is 1. The van der Waals surface area contributed by atoms with Crippen molar-refractivity contribution < 1.29 is 19.4 Å². The maximum atomic E-state index is 12.6. The van der Waals surface area contributed by atoms with Gasteiger partial charge in [-0.05, 0) is 47.7 Å². The summed E-state index contributed by atoms with van der Waals surface area (Å²) < 4.78 is 5.44. The van der Waals surface area contributed by atoms with E-state index < -0.39 is 5.97 Å². The van der Waals surface area contributed by atoms with E-state index in [2.05, 4.69) is 15.3 Å². The van der Waals surface area contributed by atoms with Crippen LogP contribution in [0.25, 0.3) is 17.0 Å². The largest absolute Gasteiger partial charge is 0.478 e. The number of nitrogens with one attached hydrogen (secondary N) is 1. The van der Waals surface area contributed by atoms with Crippen LogP contribution in [0.2, 0.25) is 10.0 Å². The first-order valence-electron chi connectivity index (χ1n) is 10.6. The monoisotopic (exact) mass is 528 g/mol. The lowest BCUT2D eigenvalue weighted by molar-refractivity contribution is -0.115. The Kier molecular flexibility index (Phi) is 6.66. The molecule has 0 aliphatic carbocycles. The molecule has 2 N–H and O–H groups in total. The number of hydrogen-bond donors (Lipinski definition) is 2. The Morgan fingerprint density at radius 2 is 1.94 bits per heavy atom. The SMILES string of the molecule is O=C1NC(=Nc2c(Cl)cccc2Cl)S/C1=C\c1ccc2ncc(C(=O)O)c(N3CCOCC3)c2c1. The highest BCUT2D eigenvalue weighted by atomic mass is 35.5. The van der Waals surface area contributed by atoms with Crippen molar-refractivity contribution in [3.05, 3.63) is 68.7 Å². The summed E-state index contributed by atoms with van der Waals surface area (Å²) in [6.45, 7) is 2.18. The third-order valence-corrected chi connectivity index (χ3v) is 7.04. The number of carbonyl (C=O) groups excluding carboxylic acids is 1. The second-order valence-corrected chi connectivity index (χ2v) is 9.60. The van der Waals surface area contributed by atoms with E-state index >= 15 is 0 Å². The van der Waals surface area contributed by atoms with Crippen molar-refractivity contribution in [2.45, 2.75) is 0 Å². The number of halogens is 2. The maximum Gasteiger partial charge on any atom is 0.339 e. The first-order valence-corrected chi connectivity index (χ1v) is 12.2. The zero-order valence-electron chi connectivity index (χ0n) is 18.1. The number of carbonyl (C=O) groups is 2. The maximum absolute atomic E-state index is 12.6. The number of anilines is 1. The van der Waals surface area contributed by atoms with Gasteiger partial charge < -0.3 is 20.1 Å². The van der Waals surface area contributed by atoms with Crippen molar-refractivity contribution in [1.82, 2.24) is 10.3 Å². The number of fused-ring (bicyclic) bond motifs is 1. The molecule has 178 valence electrons. The number of carboxylic acids is 1. The minimum absolute atomic E-state index is 0.128. The number of hydrogen-bond acceptors (Lipinski definition) is 7. The highest BCUT2D eigenvalue weighted by molar-refractivity contribution is 8.18. The van der Waals surface area contributed by atoms with Crippen molar-refractivity contribution >= 4 is 80.4 Å². The first-order chi connectivity index (χ1) is 16.9. The molecule has 0 radical (unpaired) electrons. The van der Waals surface area contributed by atoms with E-state index in [4.69, 9.17) is 27.9 Å². The number of aromatic carboxylic acids is 1. The number of aliphatic imine (C=N–C) groups is 1. The number of rotatable bonds is 4. The average Bonchev–Trinajstić information content (AvgIpc) is 3.19. The standard InChI is InChI=1S/C24H18Cl2N4O4S/c25-16-2-1-3-17(26)20(16)28-24-29-22(31)19(35-24)11-13-4-5-18-14(10-13)21(15(12-27-18)23(32)33)30-6-8-34-9-7-30/h1-5,10-12H,6-9H2,(H,32,33)(H,28,29,31)/b19-11-. The third kappa shape index (κ3) is 4.85. The number of para-hydroxylation sites is 1. The van der Waals surface area contributed by atoms with Crippen molar-refractivity contribution in [3.8, 4) is 0 Å². The van der Waals surface area contributed by atoms with Crippen LogP contribution in [0.4, 0.5) is 11.4 Å². The molecule has 11 heteroatoms. The molecule has 0 unspecified atom stereocenters. The van der Waals surface area contributed by atoms with E-state index in [0.29, 0.717) is 68.7 Å². The molecule has 3 aromatic rings. The van der Waals surface area contributed by atoms with Crippen molar-refractivity contribution in [2.75, 3.05) is 31.2 Å². The van der Waals surface area contributed by atoms with Crippen LogP contribution in [0.1, 0.15) is 15.9 Å². The van der Waals surface area contributed by atoms with Gasteiger partial charge in [0, 0.05) is 24.7 Å². The van der Waals surface area contributed by atoms with Crippen molar-refractivity contribution in [1.29, 1.82) is 0 Å². The van der Waals surface area contributed by atoms with E-state index in [-0.39, 0.29) is 11.5 Å². The number of carboxylic acid groups (broad SMARTS) is 1. The molecule has 0 saturated carbocycles. The van der Waals surface area contributed by atoms with Gasteiger partial charge in [-0.25, -0.2) is 9.79 Å². The lowest BCUT2D eigenvalue weighted by Gasteiger charge is -2.30. The number of morpholine rings is 1. The molecular formula is C24H18Cl2N4O4S. The molecule has 1 amide bonds. The predicted molar refractivity (Wildman–Crippen MR) is 139 cm³/mol. The van der Waals surface area contributed by atoms with Gasteiger partial charge in [0.15, 0.2) is 5.17 Å². The number of pyridine rings is 1. The summed E-state index contributed by atoms with van der Waals surface area (Å²) in [4.78, 5) is 35.7. The molecule has 2 saturated heterocycles. The summed E-state index contributed by atoms with van der Waals surface area (Å²) in [5.74, 6) is -1.35. The van der Waals surface area contributed by atoms with E-state index in [0.717, 1.165) is 5.56 Å². The Morgan fingerprint density at radius 1 is 1.20 bits per heavy atom. The molecule has 2 fully saturated rings. The zero-order valence-corrected chi connectivity index (χ0v) is 20.5. The summed E-state index contributed by atoms with van der Waals surface area (Å²) >= 11 is 13.6. The fourth-order valence-electron chi connectivity index (χ4n) is 3.90. The van der Waals surface area contributed by atoms with Crippen LogP contribution in [0.3, 0.4) is 0 Å². The van der Waals surface area contributed by atoms with E-state index in [1.165, 1.54) is 18.0 Å². The van der Waals surface area contributed by atoms with Crippen LogP contribution in [0.5, 0.6) is 0 Å². The van der Waals surface area contributed by atoms with Gasteiger partial charge in [-0.15, -0.1) is 0 Å². The smallest absolute Gasteiger partial charge is 0.339 e. The Hall–Kier alpha value is -3.11. The minimum Gasteiger partial charge on any atom is -0.478 e. The average molecular weight is 529 g/mol. The molecule has 8 nitrogen and oxygen atoms in total. The van der Waals surface area contributed by atoms with Crippen LogP contribution in [0, 0.1) is 0 Å². The predicted octanol–water partition coefficient (Wildman–Crippen LogP) is 4.97. The van der Waals surface area contributed by atoms with E-state index in [1.54, 1.807) is 24.3 Å². The van der Waals surface area contributed by atoms with Gasteiger partial charge in [-0.1, -0.05) is 35.3 Å². The highest BCUT2D eigenvalue weighted by Crippen LogP contribution is 2.36. The quantitative estimate of drug-likeness (QED) is 0.460. The first kappa shape index (κ1) is 23.6. The molecule has 2 aliphatic rings. The molecule has 5 rings (SSSR count). The van der Waals surface area contributed by atoms with Gasteiger partial charge >= 0.3 is 5.97 Å². The molecule has 2 aromatic carbocycles. The fourth-order valence-corrected chi connectivity index (χ4v) is 5.21. The van der Waals surface area contributed by atoms with Crippen LogP contribution in [-0.2, 0) is 9.53 Å². The number of nitrogens with zero attached hydrogens (tertiary/aromatic N) is 3. The molecule has 3 heterocycles. The van der Waals surface area contributed by atoms with Crippen LogP contribution in [0.15, 0.2) is 52.5 Å². The number of aromatic nitrogens is 1. The molecule has 0 bridgehead atoms. The molecular weight excluding hydrogens is 511 g/mol. The normalized spacial score (nSPS) is 18.5. The van der Waals surface area contributed by atoms with E-state index in [1.807, 2.05) is 23.1 Å². The molecule has 35 heavy (non-hydrogen) atoms. The van der Waals surface area contributed by atoms with Gasteiger partial charge in [0.25, 0.3) is 5.91 Å². The zero-order chi connectivity index (χ0) is 24.5. The molecule has 0 atom stereocenters. The van der Waals surface area contributed by atoms with Crippen LogP contribution >= 0.6 is 35.0 Å². The van der Waals surface area contributed by atoms with Crippen molar-refractivity contribution in [3.63, 3.8) is 0 Å². The Bertz CT molecular complexity index is 1400. The number of benzene rings is 2. The summed E-state index contributed by atoms with van der Waals surface area (Å²) in [6, 6.07) is 10.6. The minimum atomic E-state index is -1.05. The van der Waals surface area contributed by atoms with Crippen LogP contribution < -0.4 is 10.2 Å². The highest BCUT2D eigenvalue weighted by Gasteiger charge is 2.25. The summed E-state index contributed by atoms with van der Waals surface area (Å²) in [5.41, 5.74) is 2.50. The number of amidine groups is 1. The van der Waals surface area contributed by atoms with Gasteiger partial charge in [0.2, 0.25) is 0 Å². The lowest BCUT2D eigenvalue weighted by Crippen LogP contribution is -2.37. The van der Waals surface area contributed by atoms with Crippen LogP contribution in [-0.4, -0.2) is 53.4 Å². The summed E-state index contributed by atoms with van der Waals surface area (Å²) in [5, 5.41) is 14.3. The number of thioether (sulfide) groups is 1. The summed E-state index contributed by atoms with van der Waals surface area (Å²) in [6.07, 6.45) is 3.11. The Balaban J connectivity index is 1.53. The molecule has 1 aromatic heterocycles. The summed E-state index contributed by atoms with van der Waals surface area (Å²) in [7, 11) is 0. The fraction of sp³-hybridized carbons (Fsp3) is 0.167. The Morgan fingerprint density at radius 3 is 2.66 bits per heavy atom. The van der Waals surface area contributed by atoms with Gasteiger partial charge in [0.1, 0.15) is 11.3 Å². The van der Waals surface area contributed by atoms with Gasteiger partial charge in [-0.3, -0.25) is 9.78 Å².